The van der Waals surface area contributed by atoms with Gasteiger partial charge >= 0.3 is 0 Å². The van der Waals surface area contributed by atoms with E-state index in [9.17, 15) is 9.59 Å². The zero-order chi connectivity index (χ0) is 23.0. The molecule has 0 fully saturated rings. The van der Waals surface area contributed by atoms with E-state index in [4.69, 9.17) is 11.6 Å². The fraction of sp³-hybridized carbons (Fsp3) is 0.440. The van der Waals surface area contributed by atoms with Gasteiger partial charge in [-0.1, -0.05) is 48.4 Å². The maximum atomic E-state index is 13.3. The highest BCUT2D eigenvalue weighted by molar-refractivity contribution is 7.99. The first-order valence-corrected chi connectivity index (χ1v) is 12.0. The predicted octanol–water partition coefficient (Wildman–Crippen LogP) is 5.85. The number of thioether (sulfide) groups is 1. The molecule has 31 heavy (non-hydrogen) atoms. The quantitative estimate of drug-likeness (QED) is 0.477. The number of nitrogens with zero attached hydrogens (tertiary/aromatic N) is 1. The Bertz CT molecular complexity index is 878. The Morgan fingerprint density at radius 2 is 1.81 bits per heavy atom. The summed E-state index contributed by atoms with van der Waals surface area (Å²) in [6.45, 7) is 10.3. The van der Waals surface area contributed by atoms with Gasteiger partial charge in [0.15, 0.2) is 0 Å². The molecule has 0 aliphatic carbocycles. The predicted molar refractivity (Wildman–Crippen MR) is 130 cm³/mol. The molecule has 0 aromatic heterocycles. The Morgan fingerprint density at radius 3 is 2.39 bits per heavy atom. The summed E-state index contributed by atoms with van der Waals surface area (Å²) in [4.78, 5) is 29.1. The van der Waals surface area contributed by atoms with E-state index in [0.717, 1.165) is 16.0 Å². The monoisotopic (exact) mass is 460 g/mol. The van der Waals surface area contributed by atoms with Crippen LogP contribution in [0.15, 0.2) is 53.4 Å². The number of amides is 2. The lowest BCUT2D eigenvalue weighted by Gasteiger charge is -2.33. The Kier molecular flexibility index (Phi) is 9.45. The van der Waals surface area contributed by atoms with Gasteiger partial charge in [-0.15, -0.1) is 11.8 Å². The van der Waals surface area contributed by atoms with E-state index in [1.165, 1.54) is 0 Å². The minimum Gasteiger partial charge on any atom is -0.350 e. The van der Waals surface area contributed by atoms with Crippen LogP contribution in [0.5, 0.6) is 0 Å². The summed E-state index contributed by atoms with van der Waals surface area (Å²) in [6.07, 6.45) is 0.919. The number of hydrogen-bond acceptors (Lipinski definition) is 3. The normalized spacial score (nSPS) is 12.3. The third kappa shape index (κ3) is 8.58. The summed E-state index contributed by atoms with van der Waals surface area (Å²) in [6, 6.07) is 15.2. The third-order valence-electron chi connectivity index (χ3n) is 4.72. The minimum absolute atomic E-state index is 0.0149. The Labute approximate surface area is 195 Å². The van der Waals surface area contributed by atoms with Gasteiger partial charge in [0.25, 0.3) is 0 Å². The molecule has 0 spiro atoms. The van der Waals surface area contributed by atoms with Crippen LogP contribution in [0.25, 0.3) is 0 Å². The number of nitrogens with one attached hydrogen (secondary N) is 1. The van der Waals surface area contributed by atoms with Gasteiger partial charge in [0.05, 0.1) is 0 Å². The second kappa shape index (κ2) is 11.6. The van der Waals surface area contributed by atoms with E-state index in [2.05, 4.69) is 11.4 Å². The maximum absolute atomic E-state index is 13.3. The summed E-state index contributed by atoms with van der Waals surface area (Å²) < 4.78 is 0. The second-order valence-corrected chi connectivity index (χ2v) is 10.3. The van der Waals surface area contributed by atoms with Crippen molar-refractivity contribution in [2.24, 2.45) is 0 Å². The summed E-state index contributed by atoms with van der Waals surface area (Å²) in [5, 5.41) is 3.73. The number of hydrogen-bond donors (Lipinski definition) is 1. The zero-order valence-corrected chi connectivity index (χ0v) is 20.6. The van der Waals surface area contributed by atoms with E-state index in [0.29, 0.717) is 30.2 Å². The number of aryl methyl sites for hydroxylation is 1. The van der Waals surface area contributed by atoms with Gasteiger partial charge in [0.2, 0.25) is 11.8 Å². The molecule has 168 valence electrons. The molecular formula is C25H33ClN2O2S. The molecule has 1 unspecified atom stereocenters. The topological polar surface area (TPSA) is 49.4 Å². The smallest absolute Gasteiger partial charge is 0.243 e. The van der Waals surface area contributed by atoms with Gasteiger partial charge in [-0.05, 0) is 63.9 Å². The van der Waals surface area contributed by atoms with Crippen molar-refractivity contribution in [2.45, 2.75) is 70.5 Å². The summed E-state index contributed by atoms with van der Waals surface area (Å²) in [7, 11) is 0. The molecule has 0 radical (unpaired) electrons. The van der Waals surface area contributed by atoms with Crippen LogP contribution in [0.4, 0.5) is 0 Å². The first kappa shape index (κ1) is 25.3. The zero-order valence-electron chi connectivity index (χ0n) is 19.1. The second-order valence-electron chi connectivity index (χ2n) is 8.73. The highest BCUT2D eigenvalue weighted by atomic mass is 35.5. The molecule has 4 nitrogen and oxygen atoms in total. The van der Waals surface area contributed by atoms with Gasteiger partial charge in [-0.2, -0.15) is 0 Å². The third-order valence-corrected chi connectivity index (χ3v) is 5.98. The number of benzene rings is 2. The molecule has 2 rings (SSSR count). The number of halogens is 1. The van der Waals surface area contributed by atoms with Gasteiger partial charge in [0.1, 0.15) is 6.04 Å². The Balaban J connectivity index is 2.15. The SMILES string of the molecule is CCC(C(=O)NC(C)(C)C)N(Cc1cccc(C)c1)C(=O)CCSc1ccc(Cl)cc1. The molecule has 1 N–H and O–H groups in total. The van der Waals surface area contributed by atoms with Crippen molar-refractivity contribution in [3.63, 3.8) is 0 Å². The molecule has 2 aromatic rings. The lowest BCUT2D eigenvalue weighted by molar-refractivity contribution is -0.141. The molecule has 0 aliphatic heterocycles. The molecule has 0 saturated carbocycles. The van der Waals surface area contributed by atoms with Crippen molar-refractivity contribution in [3.05, 3.63) is 64.7 Å². The fourth-order valence-corrected chi connectivity index (χ4v) is 4.28. The Hall–Kier alpha value is -1.98. The van der Waals surface area contributed by atoms with Crippen LogP contribution in [0.2, 0.25) is 5.02 Å². The first-order valence-electron chi connectivity index (χ1n) is 10.6. The van der Waals surface area contributed by atoms with Crippen LogP contribution in [-0.4, -0.2) is 34.0 Å². The molecule has 2 amide bonds. The fourth-order valence-electron chi connectivity index (χ4n) is 3.31. The summed E-state index contributed by atoms with van der Waals surface area (Å²) >= 11 is 7.56. The van der Waals surface area contributed by atoms with Crippen LogP contribution in [0.1, 0.15) is 51.7 Å². The van der Waals surface area contributed by atoms with Crippen LogP contribution < -0.4 is 5.32 Å². The highest BCUT2D eigenvalue weighted by Crippen LogP contribution is 2.22. The molecular weight excluding hydrogens is 428 g/mol. The van der Waals surface area contributed by atoms with E-state index in [-0.39, 0.29) is 17.4 Å². The molecule has 0 bridgehead atoms. The molecule has 1 atom stereocenters. The number of carbonyl (C=O) groups is 2. The van der Waals surface area contributed by atoms with Crippen molar-refractivity contribution in [1.29, 1.82) is 0 Å². The van der Waals surface area contributed by atoms with Crippen molar-refractivity contribution < 1.29 is 9.59 Å². The van der Waals surface area contributed by atoms with Gasteiger partial charge in [-0.3, -0.25) is 9.59 Å². The molecule has 0 heterocycles. The summed E-state index contributed by atoms with van der Waals surface area (Å²) in [5.74, 6) is 0.516. The lowest BCUT2D eigenvalue weighted by Crippen LogP contribution is -2.53. The average molecular weight is 461 g/mol. The van der Waals surface area contributed by atoms with Gasteiger partial charge in [-0.25, -0.2) is 0 Å². The summed E-state index contributed by atoms with van der Waals surface area (Å²) in [5.41, 5.74) is 1.81. The van der Waals surface area contributed by atoms with Crippen molar-refractivity contribution >= 4 is 35.2 Å². The van der Waals surface area contributed by atoms with E-state index < -0.39 is 6.04 Å². The van der Waals surface area contributed by atoms with E-state index >= 15 is 0 Å². The Morgan fingerprint density at radius 1 is 1.13 bits per heavy atom. The van der Waals surface area contributed by atoms with E-state index in [1.54, 1.807) is 16.7 Å². The van der Waals surface area contributed by atoms with Crippen molar-refractivity contribution in [2.75, 3.05) is 5.75 Å². The maximum Gasteiger partial charge on any atom is 0.243 e. The van der Waals surface area contributed by atoms with Crippen LogP contribution in [0.3, 0.4) is 0 Å². The highest BCUT2D eigenvalue weighted by Gasteiger charge is 2.30. The van der Waals surface area contributed by atoms with Crippen molar-refractivity contribution in [1.82, 2.24) is 10.2 Å². The van der Waals surface area contributed by atoms with Crippen molar-refractivity contribution in [3.8, 4) is 0 Å². The number of carbonyl (C=O) groups excluding carboxylic acids is 2. The van der Waals surface area contributed by atoms with Crippen LogP contribution in [0, 0.1) is 6.92 Å². The van der Waals surface area contributed by atoms with Crippen LogP contribution >= 0.6 is 23.4 Å². The largest absolute Gasteiger partial charge is 0.350 e. The van der Waals surface area contributed by atoms with Crippen LogP contribution in [-0.2, 0) is 16.1 Å². The number of rotatable bonds is 9. The standard InChI is InChI=1S/C25H33ClN2O2S/c1-6-22(24(30)27-25(3,4)5)28(17-19-9-7-8-18(2)16-19)23(29)14-15-31-21-12-10-20(26)11-13-21/h7-13,16,22H,6,14-15,17H2,1-5H3,(H,27,30). The first-order chi connectivity index (χ1) is 14.6. The van der Waals surface area contributed by atoms with Gasteiger partial charge < -0.3 is 10.2 Å². The minimum atomic E-state index is -0.507. The molecule has 6 heteroatoms. The van der Waals surface area contributed by atoms with E-state index in [1.807, 2.05) is 77.1 Å². The van der Waals surface area contributed by atoms with Gasteiger partial charge in [0, 0.05) is 34.2 Å². The molecule has 0 saturated heterocycles. The lowest BCUT2D eigenvalue weighted by atomic mass is 10.0. The molecule has 0 aliphatic rings. The average Bonchev–Trinajstić information content (AvgIpc) is 2.68. The molecule has 2 aromatic carbocycles.